The molecule has 3 N–H and O–H groups in total. The molecule has 3 heterocycles. The third kappa shape index (κ3) is 3.16. The molecular weight excluding hydrogens is 266 g/mol. The second-order valence-corrected chi connectivity index (χ2v) is 5.58. The zero-order valence-corrected chi connectivity index (χ0v) is 12.5. The Labute approximate surface area is 124 Å². The van der Waals surface area contributed by atoms with Crippen molar-refractivity contribution >= 4 is 11.5 Å². The Morgan fingerprint density at radius 3 is 2.95 bits per heavy atom. The predicted molar refractivity (Wildman–Crippen MR) is 82.7 cm³/mol. The fourth-order valence-electron chi connectivity index (χ4n) is 2.76. The van der Waals surface area contributed by atoms with Crippen LogP contribution in [0.1, 0.15) is 36.6 Å². The van der Waals surface area contributed by atoms with Crippen molar-refractivity contribution in [2.45, 2.75) is 32.1 Å². The molecule has 0 spiro atoms. The highest BCUT2D eigenvalue weighted by atomic mass is 16.5. The van der Waals surface area contributed by atoms with E-state index in [1.807, 2.05) is 17.5 Å². The number of anilines is 1. The van der Waals surface area contributed by atoms with Crippen LogP contribution >= 0.6 is 0 Å². The first-order valence-corrected chi connectivity index (χ1v) is 7.67. The van der Waals surface area contributed by atoms with Gasteiger partial charge in [0.15, 0.2) is 5.65 Å². The predicted octanol–water partition coefficient (Wildman–Crippen LogP) is 1.69. The van der Waals surface area contributed by atoms with E-state index in [0.717, 1.165) is 61.9 Å². The summed E-state index contributed by atoms with van der Waals surface area (Å²) >= 11 is 0. The van der Waals surface area contributed by atoms with E-state index in [1.165, 1.54) is 0 Å². The molecule has 0 atom stereocenters. The van der Waals surface area contributed by atoms with E-state index < -0.39 is 0 Å². The van der Waals surface area contributed by atoms with Gasteiger partial charge >= 0.3 is 0 Å². The van der Waals surface area contributed by atoms with Crippen molar-refractivity contribution < 1.29 is 4.74 Å². The normalized spacial score (nSPS) is 16.5. The van der Waals surface area contributed by atoms with Crippen LogP contribution in [0.25, 0.3) is 5.65 Å². The van der Waals surface area contributed by atoms with Crippen LogP contribution in [0.2, 0.25) is 0 Å². The fraction of sp³-hybridized carbons (Fsp3) is 0.600. The molecule has 0 aliphatic carbocycles. The van der Waals surface area contributed by atoms with Crippen molar-refractivity contribution in [1.82, 2.24) is 14.6 Å². The average Bonchev–Trinajstić information content (AvgIpc) is 2.92. The number of nitrogens with zero attached hydrogens (tertiary/aromatic N) is 3. The minimum atomic E-state index is 0.484. The first kappa shape index (κ1) is 14.3. The molecule has 0 unspecified atom stereocenters. The second-order valence-electron chi connectivity index (χ2n) is 5.58. The summed E-state index contributed by atoms with van der Waals surface area (Å²) in [7, 11) is 0. The molecular formula is C15H23N5O. The van der Waals surface area contributed by atoms with Crippen LogP contribution in [0.15, 0.2) is 12.1 Å². The molecule has 0 saturated carbocycles. The number of nitrogens with two attached hydrogens (primary N) is 1. The molecule has 0 radical (unpaired) electrons. The molecule has 0 bridgehead atoms. The van der Waals surface area contributed by atoms with E-state index in [2.05, 4.69) is 16.4 Å². The quantitative estimate of drug-likeness (QED) is 0.819. The molecule has 2 aromatic heterocycles. The lowest BCUT2D eigenvalue weighted by Crippen LogP contribution is -2.15. The number of rotatable bonds is 5. The van der Waals surface area contributed by atoms with Gasteiger partial charge in [0.1, 0.15) is 5.82 Å². The van der Waals surface area contributed by atoms with Gasteiger partial charge in [0.2, 0.25) is 0 Å². The number of fused-ring (bicyclic) bond motifs is 1. The highest BCUT2D eigenvalue weighted by molar-refractivity contribution is 5.50. The number of aromatic nitrogens is 3. The van der Waals surface area contributed by atoms with Gasteiger partial charge in [0.05, 0.1) is 5.69 Å². The lowest BCUT2D eigenvalue weighted by molar-refractivity contribution is 0.0844. The number of ether oxygens (including phenoxy) is 1. The van der Waals surface area contributed by atoms with Crippen LogP contribution in [0.5, 0.6) is 0 Å². The van der Waals surface area contributed by atoms with Crippen LogP contribution < -0.4 is 11.1 Å². The van der Waals surface area contributed by atoms with Crippen molar-refractivity contribution in [3.05, 3.63) is 23.5 Å². The summed E-state index contributed by atoms with van der Waals surface area (Å²) in [5.41, 5.74) is 8.58. The first-order chi connectivity index (χ1) is 10.3. The summed E-state index contributed by atoms with van der Waals surface area (Å²) in [4.78, 5) is 4.58. The topological polar surface area (TPSA) is 77.5 Å². The zero-order valence-electron chi connectivity index (χ0n) is 12.5. The Kier molecular flexibility index (Phi) is 4.36. The zero-order chi connectivity index (χ0) is 14.7. The molecule has 3 rings (SSSR count). The van der Waals surface area contributed by atoms with Gasteiger partial charge in [-0.05, 0) is 32.7 Å². The smallest absolute Gasteiger partial charge is 0.157 e. The number of nitrogens with one attached hydrogen (secondary N) is 1. The summed E-state index contributed by atoms with van der Waals surface area (Å²) in [6.07, 6.45) is 3.02. The van der Waals surface area contributed by atoms with Crippen molar-refractivity contribution in [2.24, 2.45) is 5.73 Å². The van der Waals surface area contributed by atoms with Gasteiger partial charge in [-0.15, -0.1) is 0 Å². The molecule has 1 aliphatic heterocycles. The lowest BCUT2D eigenvalue weighted by Gasteiger charge is -2.19. The van der Waals surface area contributed by atoms with Gasteiger partial charge < -0.3 is 15.8 Å². The van der Waals surface area contributed by atoms with Crippen LogP contribution in [-0.2, 0) is 4.74 Å². The Morgan fingerprint density at radius 2 is 2.19 bits per heavy atom. The van der Waals surface area contributed by atoms with Gasteiger partial charge in [0.25, 0.3) is 0 Å². The minimum absolute atomic E-state index is 0.484. The number of hydrogen-bond acceptors (Lipinski definition) is 5. The summed E-state index contributed by atoms with van der Waals surface area (Å²) in [5.74, 6) is 1.47. The molecule has 21 heavy (non-hydrogen) atoms. The molecule has 1 fully saturated rings. The molecule has 0 amide bonds. The van der Waals surface area contributed by atoms with Gasteiger partial charge in [-0.25, -0.2) is 4.98 Å². The van der Waals surface area contributed by atoms with E-state index in [-0.39, 0.29) is 0 Å². The maximum atomic E-state index is 5.55. The third-order valence-electron chi connectivity index (χ3n) is 3.90. The van der Waals surface area contributed by atoms with Crippen molar-refractivity contribution in [3.8, 4) is 0 Å². The third-order valence-corrected chi connectivity index (χ3v) is 3.90. The monoisotopic (exact) mass is 289 g/mol. The molecule has 2 aromatic rings. The molecule has 6 nitrogen and oxygen atoms in total. The molecule has 0 aromatic carbocycles. The molecule has 114 valence electrons. The highest BCUT2D eigenvalue weighted by Crippen LogP contribution is 2.27. The summed E-state index contributed by atoms with van der Waals surface area (Å²) in [6.45, 7) is 5.20. The summed E-state index contributed by atoms with van der Waals surface area (Å²) in [6, 6.07) is 4.14. The van der Waals surface area contributed by atoms with E-state index in [4.69, 9.17) is 15.6 Å². The van der Waals surface area contributed by atoms with Crippen molar-refractivity contribution in [3.63, 3.8) is 0 Å². The van der Waals surface area contributed by atoms with E-state index in [1.54, 1.807) is 0 Å². The maximum absolute atomic E-state index is 5.55. The minimum Gasteiger partial charge on any atom is -0.381 e. The largest absolute Gasteiger partial charge is 0.381 e. The van der Waals surface area contributed by atoms with Crippen LogP contribution in [0.4, 0.5) is 5.82 Å². The van der Waals surface area contributed by atoms with E-state index in [9.17, 15) is 0 Å². The van der Waals surface area contributed by atoms with Crippen LogP contribution in [0, 0.1) is 6.92 Å². The van der Waals surface area contributed by atoms with Crippen molar-refractivity contribution in [1.29, 1.82) is 0 Å². The Hall–Kier alpha value is -1.66. The van der Waals surface area contributed by atoms with Gasteiger partial charge in [-0.3, -0.25) is 0 Å². The number of hydrogen-bond donors (Lipinski definition) is 2. The van der Waals surface area contributed by atoms with Gasteiger partial charge in [-0.2, -0.15) is 9.61 Å². The molecule has 1 aliphatic rings. The van der Waals surface area contributed by atoms with Crippen LogP contribution in [-0.4, -0.2) is 40.9 Å². The Bertz CT molecular complexity index is 603. The maximum Gasteiger partial charge on any atom is 0.157 e. The van der Waals surface area contributed by atoms with E-state index >= 15 is 0 Å². The van der Waals surface area contributed by atoms with Crippen molar-refractivity contribution in [2.75, 3.05) is 31.6 Å². The SMILES string of the molecule is Cc1cc(NCCCN)n2nc(C3CCOCC3)cc2n1. The summed E-state index contributed by atoms with van der Waals surface area (Å²) < 4.78 is 7.34. The van der Waals surface area contributed by atoms with Gasteiger partial charge in [-0.1, -0.05) is 0 Å². The summed E-state index contributed by atoms with van der Waals surface area (Å²) in [5, 5.41) is 8.16. The second kappa shape index (κ2) is 6.41. The molecule has 6 heteroatoms. The fourth-order valence-corrected chi connectivity index (χ4v) is 2.76. The standard InChI is InChI=1S/C15H23N5O/c1-11-9-14(17-6-2-5-16)20-15(18-11)10-13(19-20)12-3-7-21-8-4-12/h9-10,12,17H,2-8,16H2,1H3. The Morgan fingerprint density at radius 1 is 1.38 bits per heavy atom. The van der Waals surface area contributed by atoms with Crippen LogP contribution in [0.3, 0.4) is 0 Å². The average molecular weight is 289 g/mol. The molecule has 1 saturated heterocycles. The van der Waals surface area contributed by atoms with E-state index in [0.29, 0.717) is 12.5 Å². The first-order valence-electron chi connectivity index (χ1n) is 7.67. The Balaban J connectivity index is 1.89. The van der Waals surface area contributed by atoms with Gasteiger partial charge in [0, 0.05) is 43.5 Å². The highest BCUT2D eigenvalue weighted by Gasteiger charge is 2.20. The lowest BCUT2D eigenvalue weighted by atomic mass is 9.97. The number of aryl methyl sites for hydroxylation is 1.